The first-order chi connectivity index (χ1) is 15.0. The predicted octanol–water partition coefficient (Wildman–Crippen LogP) is 6.14. The zero-order valence-electron chi connectivity index (χ0n) is 16.8. The molecule has 1 saturated carbocycles. The van der Waals surface area contributed by atoms with E-state index in [0.29, 0.717) is 52.7 Å². The number of nitrogens with zero attached hydrogens (tertiary/aromatic N) is 2. The lowest BCUT2D eigenvalue weighted by Gasteiger charge is -2.08. The smallest absolute Gasteiger partial charge is 0.357 e. The minimum atomic E-state index is -1.08. The summed E-state index contributed by atoms with van der Waals surface area (Å²) >= 11 is 12.8. The maximum atomic E-state index is 10.8. The molecule has 1 aliphatic carbocycles. The van der Waals surface area contributed by atoms with Crippen molar-refractivity contribution >= 4 is 29.2 Å². The van der Waals surface area contributed by atoms with Crippen LogP contribution in [-0.4, -0.2) is 27.8 Å². The van der Waals surface area contributed by atoms with Gasteiger partial charge in [-0.15, -0.1) is 0 Å². The van der Waals surface area contributed by atoms with E-state index < -0.39 is 5.97 Å². The summed E-state index contributed by atoms with van der Waals surface area (Å²) in [6.45, 7) is 0.963. The van der Waals surface area contributed by atoms with E-state index in [1.807, 2.05) is 0 Å². The third-order valence-electron chi connectivity index (χ3n) is 5.16. The predicted molar refractivity (Wildman–Crippen MR) is 115 cm³/mol. The molecule has 3 aromatic rings. The Balaban J connectivity index is 1.29. The number of halogens is 2. The van der Waals surface area contributed by atoms with Gasteiger partial charge in [-0.1, -0.05) is 40.8 Å². The van der Waals surface area contributed by atoms with Gasteiger partial charge >= 0.3 is 5.97 Å². The monoisotopic (exact) mass is 464 g/mol. The van der Waals surface area contributed by atoms with E-state index in [4.69, 9.17) is 42.0 Å². The van der Waals surface area contributed by atoms with E-state index in [1.54, 1.807) is 18.2 Å². The molecule has 31 heavy (non-hydrogen) atoms. The van der Waals surface area contributed by atoms with Crippen LogP contribution in [0.1, 0.15) is 65.7 Å². The van der Waals surface area contributed by atoms with E-state index in [2.05, 4.69) is 10.1 Å². The van der Waals surface area contributed by atoms with E-state index >= 15 is 0 Å². The molecule has 2 aromatic heterocycles. The molecule has 2 heterocycles. The molecule has 0 amide bonds. The molecule has 4 rings (SSSR count). The zero-order chi connectivity index (χ0) is 21.8. The van der Waals surface area contributed by atoms with Gasteiger partial charge in [0.2, 0.25) is 0 Å². The molecule has 164 valence electrons. The second kappa shape index (κ2) is 9.85. The summed E-state index contributed by atoms with van der Waals surface area (Å²) < 4.78 is 16.7. The molecular formula is C22H22Cl2N2O5. The summed E-state index contributed by atoms with van der Waals surface area (Å²) in [5, 5.41) is 14.2. The number of oxazole rings is 1. The van der Waals surface area contributed by atoms with Crippen molar-refractivity contribution in [2.24, 2.45) is 0 Å². The summed E-state index contributed by atoms with van der Waals surface area (Å²) in [7, 11) is 0. The lowest BCUT2D eigenvalue weighted by Crippen LogP contribution is -2.00. The largest absolute Gasteiger partial charge is 0.476 e. The normalized spacial score (nSPS) is 13.6. The molecule has 1 aromatic carbocycles. The van der Waals surface area contributed by atoms with Crippen molar-refractivity contribution in [3.8, 4) is 11.3 Å². The minimum Gasteiger partial charge on any atom is -0.476 e. The van der Waals surface area contributed by atoms with E-state index in [9.17, 15) is 4.79 Å². The number of rotatable bonds is 11. The number of carbonyl (C=O) groups is 1. The van der Waals surface area contributed by atoms with Gasteiger partial charge in [-0.05, 0) is 37.8 Å². The van der Waals surface area contributed by atoms with E-state index in [-0.39, 0.29) is 5.69 Å². The molecule has 1 fully saturated rings. The molecule has 0 radical (unpaired) electrons. The first-order valence-electron chi connectivity index (χ1n) is 10.2. The minimum absolute atomic E-state index is 0.0621. The van der Waals surface area contributed by atoms with Crippen molar-refractivity contribution in [1.82, 2.24) is 10.1 Å². The Kier molecular flexibility index (Phi) is 6.95. The van der Waals surface area contributed by atoms with E-state index in [0.717, 1.165) is 43.4 Å². The Morgan fingerprint density at radius 3 is 2.65 bits per heavy atom. The molecule has 9 heteroatoms. The van der Waals surface area contributed by atoms with Crippen molar-refractivity contribution in [1.29, 1.82) is 0 Å². The fraction of sp³-hybridized carbons (Fsp3) is 0.409. The standard InChI is InChI=1S/C22H22Cl2N2O5/c23-15-5-4-6-16(24)19(15)20-14(21(31-26-20)13-8-9-13)11-29-10-3-1-2-7-18-25-17(12-30-18)22(27)28/h4-6,12-13H,1-3,7-11H2,(H,27,28). The second-order valence-electron chi connectivity index (χ2n) is 7.54. The average Bonchev–Trinajstić information content (AvgIpc) is 3.32. The van der Waals surface area contributed by atoms with Crippen LogP contribution in [0.15, 0.2) is 33.4 Å². The highest BCUT2D eigenvalue weighted by Gasteiger charge is 2.33. The number of hydrogen-bond acceptors (Lipinski definition) is 6. The van der Waals surface area contributed by atoms with Crippen LogP contribution in [0.5, 0.6) is 0 Å². The third kappa shape index (κ3) is 5.29. The SMILES string of the molecule is O=C(O)c1coc(CCCCCOCc2c(-c3c(Cl)cccc3Cl)noc2C2CC2)n1. The summed E-state index contributed by atoms with van der Waals surface area (Å²) in [5.41, 5.74) is 2.17. The Labute approximate surface area is 189 Å². The summed E-state index contributed by atoms with van der Waals surface area (Å²) in [6.07, 6.45) is 6.54. The van der Waals surface area contributed by atoms with Crippen molar-refractivity contribution < 1.29 is 23.6 Å². The molecule has 7 nitrogen and oxygen atoms in total. The lowest BCUT2D eigenvalue weighted by molar-refractivity contribution is 0.0690. The van der Waals surface area contributed by atoms with Crippen LogP contribution >= 0.6 is 23.2 Å². The van der Waals surface area contributed by atoms with Gasteiger partial charge in [0.05, 0.1) is 16.7 Å². The zero-order valence-corrected chi connectivity index (χ0v) is 18.3. The molecule has 0 unspecified atom stereocenters. The summed E-state index contributed by atoms with van der Waals surface area (Å²) in [4.78, 5) is 14.7. The first kappa shape index (κ1) is 21.9. The highest BCUT2D eigenvalue weighted by atomic mass is 35.5. The number of unbranched alkanes of at least 4 members (excludes halogenated alkanes) is 2. The highest BCUT2D eigenvalue weighted by Crippen LogP contribution is 2.46. The second-order valence-corrected chi connectivity index (χ2v) is 8.35. The molecule has 1 N–H and O–H groups in total. The van der Waals surface area contributed by atoms with Crippen molar-refractivity contribution in [2.45, 2.75) is 51.0 Å². The summed E-state index contributed by atoms with van der Waals surface area (Å²) in [6, 6.07) is 5.37. The fourth-order valence-corrected chi connectivity index (χ4v) is 3.98. The van der Waals surface area contributed by atoms with Gasteiger partial charge < -0.3 is 18.8 Å². The molecule has 0 saturated heterocycles. The van der Waals surface area contributed by atoms with Gasteiger partial charge in [0.15, 0.2) is 11.6 Å². The maximum absolute atomic E-state index is 10.8. The van der Waals surface area contributed by atoms with Gasteiger partial charge in [-0.25, -0.2) is 9.78 Å². The molecule has 0 spiro atoms. The molecule has 0 atom stereocenters. The van der Waals surface area contributed by atoms with Crippen LogP contribution in [-0.2, 0) is 17.8 Å². The molecule has 0 aliphatic heterocycles. The Morgan fingerprint density at radius 1 is 1.19 bits per heavy atom. The number of aromatic carboxylic acids is 1. The fourth-order valence-electron chi connectivity index (χ4n) is 3.40. The van der Waals surface area contributed by atoms with Gasteiger partial charge in [-0.2, -0.15) is 0 Å². The number of aryl methyl sites for hydroxylation is 1. The van der Waals surface area contributed by atoms with Gasteiger partial charge in [0.25, 0.3) is 0 Å². The number of aromatic nitrogens is 2. The van der Waals surface area contributed by atoms with Crippen LogP contribution in [0.25, 0.3) is 11.3 Å². The van der Waals surface area contributed by atoms with Crippen molar-refractivity contribution in [2.75, 3.05) is 6.61 Å². The first-order valence-corrected chi connectivity index (χ1v) is 11.0. The van der Waals surface area contributed by atoms with Crippen molar-refractivity contribution in [3.05, 3.63) is 57.4 Å². The van der Waals surface area contributed by atoms with Crippen LogP contribution < -0.4 is 0 Å². The van der Waals surface area contributed by atoms with Crippen LogP contribution in [0.3, 0.4) is 0 Å². The number of benzene rings is 1. The molecular weight excluding hydrogens is 443 g/mol. The van der Waals surface area contributed by atoms with Crippen molar-refractivity contribution in [3.63, 3.8) is 0 Å². The maximum Gasteiger partial charge on any atom is 0.357 e. The number of hydrogen-bond donors (Lipinski definition) is 1. The molecule has 1 aliphatic rings. The summed E-state index contributed by atoms with van der Waals surface area (Å²) in [5.74, 6) is 0.611. The number of carboxylic acid groups (broad SMARTS) is 1. The van der Waals surface area contributed by atoms with Crippen LogP contribution in [0.2, 0.25) is 10.0 Å². The van der Waals surface area contributed by atoms with Crippen LogP contribution in [0.4, 0.5) is 0 Å². The van der Waals surface area contributed by atoms with Gasteiger partial charge in [-0.3, -0.25) is 0 Å². The quantitative estimate of drug-likeness (QED) is 0.340. The molecule has 0 bridgehead atoms. The van der Waals surface area contributed by atoms with Gasteiger partial charge in [0.1, 0.15) is 17.7 Å². The number of ether oxygens (including phenoxy) is 1. The Hall–Kier alpha value is -2.35. The third-order valence-corrected chi connectivity index (χ3v) is 5.79. The highest BCUT2D eigenvalue weighted by molar-refractivity contribution is 6.39. The van der Waals surface area contributed by atoms with Gasteiger partial charge in [0, 0.05) is 30.1 Å². The van der Waals surface area contributed by atoms with Crippen LogP contribution in [0, 0.1) is 0 Å². The Bertz CT molecular complexity index is 1040. The Morgan fingerprint density at radius 2 is 1.97 bits per heavy atom. The average molecular weight is 465 g/mol. The lowest BCUT2D eigenvalue weighted by atomic mass is 10.0. The van der Waals surface area contributed by atoms with E-state index in [1.165, 1.54) is 6.26 Å². The number of carboxylic acids is 1. The topological polar surface area (TPSA) is 98.6 Å².